The van der Waals surface area contributed by atoms with Crippen molar-refractivity contribution in [2.24, 2.45) is 11.3 Å². The van der Waals surface area contributed by atoms with Crippen molar-refractivity contribution in [1.29, 1.82) is 0 Å². The first-order valence-corrected chi connectivity index (χ1v) is 8.27. The third-order valence-electron chi connectivity index (χ3n) is 4.02. The van der Waals surface area contributed by atoms with Crippen molar-refractivity contribution in [3.8, 4) is 0 Å². The number of carbonyl (C=O) groups excluding carboxylic acids is 1. The quantitative estimate of drug-likeness (QED) is 0.530. The van der Waals surface area contributed by atoms with Gasteiger partial charge in [0.05, 0.1) is 0 Å². The van der Waals surface area contributed by atoms with Gasteiger partial charge in [0.25, 0.3) is 0 Å². The lowest BCUT2D eigenvalue weighted by atomic mass is 9.82. The molecule has 21 heavy (non-hydrogen) atoms. The molecule has 126 valence electrons. The van der Waals surface area contributed by atoms with E-state index in [4.69, 9.17) is 9.47 Å². The fraction of sp³-hybridized carbons (Fsp3) is 0.941. The first-order valence-electron chi connectivity index (χ1n) is 8.27. The van der Waals surface area contributed by atoms with Crippen molar-refractivity contribution < 1.29 is 14.3 Å². The Morgan fingerprint density at radius 1 is 1.14 bits per heavy atom. The molecule has 0 saturated heterocycles. The highest BCUT2D eigenvalue weighted by Crippen LogP contribution is 2.29. The predicted molar refractivity (Wildman–Crippen MR) is 87.4 cm³/mol. The van der Waals surface area contributed by atoms with Crippen LogP contribution in [0.4, 0.5) is 0 Å². The summed E-state index contributed by atoms with van der Waals surface area (Å²) in [6.07, 6.45) is 5.77. The van der Waals surface area contributed by atoms with Gasteiger partial charge >= 0.3 is 0 Å². The normalized spacial score (nSPS) is 13.2. The summed E-state index contributed by atoms with van der Waals surface area (Å²) in [5.41, 5.74) is 0.360. The Balaban J connectivity index is 3.46. The number of ether oxygens (including phenoxy) is 2. The number of nitrogens with one attached hydrogen (secondary N) is 1. The number of likely N-dealkylation sites (N-methyl/N-ethyl adjacent to an activating group) is 1. The van der Waals surface area contributed by atoms with Crippen molar-refractivity contribution in [2.75, 3.05) is 33.5 Å². The van der Waals surface area contributed by atoms with Crippen LogP contribution in [-0.4, -0.2) is 39.4 Å². The Bertz CT molecular complexity index is 267. The van der Waals surface area contributed by atoms with Gasteiger partial charge < -0.3 is 14.8 Å². The minimum Gasteiger partial charge on any atom is -0.381 e. The maximum absolute atomic E-state index is 10.9. The van der Waals surface area contributed by atoms with Gasteiger partial charge in [-0.05, 0) is 30.6 Å². The lowest BCUT2D eigenvalue weighted by Crippen LogP contribution is -2.23. The lowest BCUT2D eigenvalue weighted by molar-refractivity contribution is -0.125. The second kappa shape index (κ2) is 12.0. The standard InChI is InChI=1S/C17H35NO3/c1-6-15(2)8-9-17(3,4)10-13-20-11-7-12-21-14-16(19)18-5/h15H,6-14H2,1-5H3,(H,18,19). The summed E-state index contributed by atoms with van der Waals surface area (Å²) in [4.78, 5) is 10.9. The van der Waals surface area contributed by atoms with E-state index in [0.29, 0.717) is 18.6 Å². The highest BCUT2D eigenvalue weighted by molar-refractivity contribution is 5.76. The molecule has 1 atom stereocenters. The summed E-state index contributed by atoms with van der Waals surface area (Å²) in [5, 5.41) is 2.52. The van der Waals surface area contributed by atoms with Gasteiger partial charge in [0.2, 0.25) is 5.91 Å². The van der Waals surface area contributed by atoms with Gasteiger partial charge in [-0.25, -0.2) is 0 Å². The molecule has 0 rings (SSSR count). The van der Waals surface area contributed by atoms with Gasteiger partial charge in [0.15, 0.2) is 0 Å². The van der Waals surface area contributed by atoms with E-state index in [-0.39, 0.29) is 12.5 Å². The van der Waals surface area contributed by atoms with E-state index in [1.54, 1.807) is 7.05 Å². The van der Waals surface area contributed by atoms with Crippen molar-refractivity contribution in [2.45, 2.75) is 59.8 Å². The molecule has 4 nitrogen and oxygen atoms in total. The Kier molecular flexibility index (Phi) is 11.6. The zero-order chi connectivity index (χ0) is 16.1. The van der Waals surface area contributed by atoms with Crippen LogP contribution >= 0.6 is 0 Å². The fourth-order valence-corrected chi connectivity index (χ4v) is 1.92. The fourth-order valence-electron chi connectivity index (χ4n) is 1.92. The van der Waals surface area contributed by atoms with E-state index in [0.717, 1.165) is 25.4 Å². The molecule has 0 fully saturated rings. The monoisotopic (exact) mass is 301 g/mol. The van der Waals surface area contributed by atoms with Crippen LogP contribution in [0, 0.1) is 11.3 Å². The molecule has 1 unspecified atom stereocenters. The number of hydrogen-bond acceptors (Lipinski definition) is 3. The van der Waals surface area contributed by atoms with Crippen LogP contribution in [0.3, 0.4) is 0 Å². The molecule has 0 spiro atoms. The summed E-state index contributed by atoms with van der Waals surface area (Å²) in [5.74, 6) is 0.738. The van der Waals surface area contributed by atoms with Crippen molar-refractivity contribution in [3.05, 3.63) is 0 Å². The average molecular weight is 301 g/mol. The number of hydrogen-bond donors (Lipinski definition) is 1. The molecule has 1 N–H and O–H groups in total. The Morgan fingerprint density at radius 3 is 2.43 bits per heavy atom. The SMILES string of the molecule is CCC(C)CCC(C)(C)CCOCCCOCC(=O)NC. The zero-order valence-electron chi connectivity index (χ0n) is 14.7. The smallest absolute Gasteiger partial charge is 0.245 e. The van der Waals surface area contributed by atoms with Crippen LogP contribution < -0.4 is 5.32 Å². The molecule has 0 aromatic heterocycles. The molecular formula is C17H35NO3. The lowest BCUT2D eigenvalue weighted by Gasteiger charge is -2.26. The van der Waals surface area contributed by atoms with Gasteiger partial charge in [0, 0.05) is 26.9 Å². The van der Waals surface area contributed by atoms with Crippen LogP contribution in [0.2, 0.25) is 0 Å². The van der Waals surface area contributed by atoms with Crippen LogP contribution in [-0.2, 0) is 14.3 Å². The summed E-state index contributed by atoms with van der Waals surface area (Å²) < 4.78 is 10.9. The van der Waals surface area contributed by atoms with Gasteiger partial charge in [0.1, 0.15) is 6.61 Å². The first kappa shape index (κ1) is 20.4. The van der Waals surface area contributed by atoms with E-state index in [1.165, 1.54) is 19.3 Å². The van der Waals surface area contributed by atoms with Gasteiger partial charge in [-0.2, -0.15) is 0 Å². The second-order valence-corrected chi connectivity index (χ2v) is 6.66. The molecule has 0 saturated carbocycles. The molecule has 0 aliphatic rings. The van der Waals surface area contributed by atoms with Gasteiger partial charge in [-0.1, -0.05) is 40.5 Å². The summed E-state index contributed by atoms with van der Waals surface area (Å²) in [6.45, 7) is 11.5. The van der Waals surface area contributed by atoms with Crippen molar-refractivity contribution in [3.63, 3.8) is 0 Å². The highest BCUT2D eigenvalue weighted by Gasteiger charge is 2.18. The number of amides is 1. The third-order valence-corrected chi connectivity index (χ3v) is 4.02. The van der Waals surface area contributed by atoms with E-state index >= 15 is 0 Å². The van der Waals surface area contributed by atoms with E-state index in [9.17, 15) is 4.79 Å². The molecule has 0 aliphatic heterocycles. The number of carbonyl (C=O) groups is 1. The minimum atomic E-state index is -0.0843. The summed E-state index contributed by atoms with van der Waals surface area (Å²) in [7, 11) is 1.61. The van der Waals surface area contributed by atoms with Crippen LogP contribution in [0.1, 0.15) is 59.8 Å². The molecule has 1 amide bonds. The Labute approximate surface area is 131 Å². The van der Waals surface area contributed by atoms with E-state index in [1.807, 2.05) is 0 Å². The molecule has 0 radical (unpaired) electrons. The van der Waals surface area contributed by atoms with Crippen LogP contribution in [0.15, 0.2) is 0 Å². The molecule has 0 aromatic rings. The van der Waals surface area contributed by atoms with Crippen molar-refractivity contribution >= 4 is 5.91 Å². The Hall–Kier alpha value is -0.610. The zero-order valence-corrected chi connectivity index (χ0v) is 14.7. The van der Waals surface area contributed by atoms with E-state index < -0.39 is 0 Å². The van der Waals surface area contributed by atoms with Crippen LogP contribution in [0.25, 0.3) is 0 Å². The highest BCUT2D eigenvalue weighted by atomic mass is 16.5. The second-order valence-electron chi connectivity index (χ2n) is 6.66. The molecule has 4 heteroatoms. The topological polar surface area (TPSA) is 47.6 Å². The molecule has 0 bridgehead atoms. The molecule has 0 aromatic carbocycles. The largest absolute Gasteiger partial charge is 0.381 e. The summed E-state index contributed by atoms with van der Waals surface area (Å²) in [6, 6.07) is 0. The molecule has 0 aliphatic carbocycles. The van der Waals surface area contributed by atoms with Crippen LogP contribution in [0.5, 0.6) is 0 Å². The Morgan fingerprint density at radius 2 is 1.81 bits per heavy atom. The number of rotatable bonds is 13. The molecule has 0 heterocycles. The minimum absolute atomic E-state index is 0.0843. The maximum Gasteiger partial charge on any atom is 0.245 e. The predicted octanol–water partition coefficient (Wildman–Crippen LogP) is 3.40. The van der Waals surface area contributed by atoms with Gasteiger partial charge in [-0.15, -0.1) is 0 Å². The van der Waals surface area contributed by atoms with E-state index in [2.05, 4.69) is 33.0 Å². The molecular weight excluding hydrogens is 266 g/mol. The average Bonchev–Trinajstić information content (AvgIpc) is 2.47. The summed E-state index contributed by atoms with van der Waals surface area (Å²) >= 11 is 0. The van der Waals surface area contributed by atoms with Gasteiger partial charge in [-0.3, -0.25) is 4.79 Å². The maximum atomic E-state index is 10.9. The van der Waals surface area contributed by atoms with Crippen molar-refractivity contribution in [1.82, 2.24) is 5.32 Å². The third kappa shape index (κ3) is 12.8. The first-order chi connectivity index (χ1) is 9.91.